The van der Waals surface area contributed by atoms with Crippen molar-refractivity contribution in [1.82, 2.24) is 10.6 Å². The highest BCUT2D eigenvalue weighted by Crippen LogP contribution is 2.14. The predicted octanol–water partition coefficient (Wildman–Crippen LogP) is 4.44. The Morgan fingerprint density at radius 3 is 2.17 bits per heavy atom. The minimum atomic E-state index is -0.642. The smallest absolute Gasteiger partial charge is 0.260 e. The topological polar surface area (TPSA) is 70.2 Å². The predicted molar refractivity (Wildman–Crippen MR) is 119 cm³/mol. The molecule has 0 radical (unpaired) electrons. The van der Waals surface area contributed by atoms with Crippen molar-refractivity contribution in [2.45, 2.75) is 13.0 Å². The van der Waals surface area contributed by atoms with Crippen molar-refractivity contribution in [3.8, 4) is 0 Å². The number of anilines is 1. The fourth-order valence-corrected chi connectivity index (χ4v) is 3.00. The molecular formula is C23H20FN3O2S. The van der Waals surface area contributed by atoms with Crippen molar-refractivity contribution in [3.63, 3.8) is 0 Å². The fourth-order valence-electron chi connectivity index (χ4n) is 2.79. The van der Waals surface area contributed by atoms with Crippen LogP contribution < -0.4 is 16.0 Å². The normalized spacial score (nSPS) is 11.3. The van der Waals surface area contributed by atoms with Crippen molar-refractivity contribution in [2.75, 3.05) is 5.32 Å². The summed E-state index contributed by atoms with van der Waals surface area (Å²) in [6.45, 7) is 1.92. The summed E-state index contributed by atoms with van der Waals surface area (Å²) in [5.41, 5.74) is 1.99. The summed E-state index contributed by atoms with van der Waals surface area (Å²) >= 11 is 5.11. The number of benzene rings is 3. The highest BCUT2D eigenvalue weighted by molar-refractivity contribution is 7.80. The van der Waals surface area contributed by atoms with E-state index < -0.39 is 11.7 Å². The first kappa shape index (κ1) is 21.1. The van der Waals surface area contributed by atoms with E-state index in [4.69, 9.17) is 12.2 Å². The standard InChI is InChI=1S/C23H20FN3O2S/c1-15(16-7-3-2-4-8-16)25-21(28)17-11-13-18(14-12-17)26-23(30)27-22(29)19-9-5-6-10-20(19)24/h2-15H,1H3,(H,25,28)(H2,26,27,29,30). The number of thiocarbonyl (C=S) groups is 1. The Morgan fingerprint density at radius 2 is 1.50 bits per heavy atom. The van der Waals surface area contributed by atoms with Crippen molar-refractivity contribution < 1.29 is 14.0 Å². The Morgan fingerprint density at radius 1 is 0.867 bits per heavy atom. The van der Waals surface area contributed by atoms with Gasteiger partial charge in [-0.25, -0.2) is 4.39 Å². The lowest BCUT2D eigenvalue weighted by Gasteiger charge is -2.15. The van der Waals surface area contributed by atoms with Crippen LogP contribution >= 0.6 is 12.2 Å². The average Bonchev–Trinajstić information content (AvgIpc) is 2.75. The summed E-state index contributed by atoms with van der Waals surface area (Å²) in [4.78, 5) is 24.5. The monoisotopic (exact) mass is 421 g/mol. The van der Waals surface area contributed by atoms with Gasteiger partial charge in [0, 0.05) is 11.3 Å². The van der Waals surface area contributed by atoms with E-state index in [1.807, 2.05) is 37.3 Å². The third kappa shape index (κ3) is 5.48. The minimum Gasteiger partial charge on any atom is -0.346 e. The molecule has 0 aliphatic rings. The number of carbonyl (C=O) groups is 2. The van der Waals surface area contributed by atoms with Gasteiger partial charge in [-0.1, -0.05) is 42.5 Å². The maximum absolute atomic E-state index is 13.7. The van der Waals surface area contributed by atoms with Crippen LogP contribution in [0.3, 0.4) is 0 Å². The molecular weight excluding hydrogens is 401 g/mol. The molecule has 5 nitrogen and oxygen atoms in total. The number of nitrogens with one attached hydrogen (secondary N) is 3. The van der Waals surface area contributed by atoms with Gasteiger partial charge in [-0.2, -0.15) is 0 Å². The van der Waals surface area contributed by atoms with E-state index in [1.165, 1.54) is 18.2 Å². The quantitative estimate of drug-likeness (QED) is 0.533. The second kappa shape index (κ2) is 9.76. The largest absolute Gasteiger partial charge is 0.346 e. The van der Waals surface area contributed by atoms with Crippen LogP contribution in [0.15, 0.2) is 78.9 Å². The van der Waals surface area contributed by atoms with Crippen LogP contribution in [0.4, 0.5) is 10.1 Å². The summed E-state index contributed by atoms with van der Waals surface area (Å²) in [5.74, 6) is -1.47. The lowest BCUT2D eigenvalue weighted by molar-refractivity contribution is 0.0938. The van der Waals surface area contributed by atoms with Crippen LogP contribution in [-0.4, -0.2) is 16.9 Å². The first-order chi connectivity index (χ1) is 14.4. The lowest BCUT2D eigenvalue weighted by Crippen LogP contribution is -2.34. The Balaban J connectivity index is 1.56. The molecule has 1 unspecified atom stereocenters. The number of halogens is 1. The van der Waals surface area contributed by atoms with E-state index in [0.29, 0.717) is 11.3 Å². The van der Waals surface area contributed by atoms with Crippen molar-refractivity contribution in [1.29, 1.82) is 0 Å². The Bertz CT molecular complexity index is 1060. The summed E-state index contributed by atoms with van der Waals surface area (Å²) in [6, 6.07) is 21.8. The van der Waals surface area contributed by atoms with Gasteiger partial charge in [-0.05, 0) is 61.1 Å². The summed E-state index contributed by atoms with van der Waals surface area (Å²) in [7, 11) is 0. The number of hydrogen-bond donors (Lipinski definition) is 3. The van der Waals surface area contributed by atoms with Gasteiger partial charge in [0.25, 0.3) is 11.8 Å². The van der Waals surface area contributed by atoms with Gasteiger partial charge in [-0.15, -0.1) is 0 Å². The van der Waals surface area contributed by atoms with Crippen molar-refractivity contribution in [2.24, 2.45) is 0 Å². The van der Waals surface area contributed by atoms with Gasteiger partial charge in [0.2, 0.25) is 0 Å². The first-order valence-electron chi connectivity index (χ1n) is 9.27. The second-order valence-corrected chi connectivity index (χ2v) is 6.98. The molecule has 0 aliphatic carbocycles. The maximum Gasteiger partial charge on any atom is 0.260 e. The first-order valence-corrected chi connectivity index (χ1v) is 9.67. The molecule has 152 valence electrons. The molecule has 3 aromatic rings. The second-order valence-electron chi connectivity index (χ2n) is 6.57. The van der Waals surface area contributed by atoms with E-state index >= 15 is 0 Å². The van der Waals surface area contributed by atoms with Crippen molar-refractivity contribution in [3.05, 3.63) is 101 Å². The molecule has 7 heteroatoms. The molecule has 0 saturated carbocycles. The molecule has 3 N–H and O–H groups in total. The third-order valence-electron chi connectivity index (χ3n) is 4.40. The molecule has 0 spiro atoms. The third-order valence-corrected chi connectivity index (χ3v) is 4.60. The molecule has 0 fully saturated rings. The van der Waals surface area contributed by atoms with Gasteiger partial charge in [0.1, 0.15) is 5.82 Å². The zero-order chi connectivity index (χ0) is 21.5. The van der Waals surface area contributed by atoms with E-state index in [9.17, 15) is 14.0 Å². The van der Waals surface area contributed by atoms with E-state index in [1.54, 1.807) is 30.3 Å². The molecule has 3 aromatic carbocycles. The highest BCUT2D eigenvalue weighted by atomic mass is 32.1. The Labute approximate surface area is 179 Å². The average molecular weight is 421 g/mol. The lowest BCUT2D eigenvalue weighted by atomic mass is 10.1. The van der Waals surface area contributed by atoms with E-state index in [0.717, 1.165) is 5.56 Å². The van der Waals surface area contributed by atoms with Gasteiger partial charge in [0.15, 0.2) is 5.11 Å². The zero-order valence-corrected chi connectivity index (χ0v) is 17.0. The Hall–Kier alpha value is -3.58. The number of amides is 2. The van der Waals surface area contributed by atoms with Crippen LogP contribution in [0.1, 0.15) is 39.2 Å². The minimum absolute atomic E-state index is 0.0261. The Kier molecular flexibility index (Phi) is 6.87. The van der Waals surface area contributed by atoms with Crippen LogP contribution in [0.25, 0.3) is 0 Å². The summed E-state index contributed by atoms with van der Waals surface area (Å²) < 4.78 is 13.7. The van der Waals surface area contributed by atoms with E-state index in [2.05, 4.69) is 16.0 Å². The van der Waals surface area contributed by atoms with Gasteiger partial charge >= 0.3 is 0 Å². The van der Waals surface area contributed by atoms with Crippen molar-refractivity contribution >= 4 is 34.8 Å². The SMILES string of the molecule is CC(NC(=O)c1ccc(NC(=S)NC(=O)c2ccccc2F)cc1)c1ccccc1. The van der Waals surface area contributed by atoms with Crippen LogP contribution in [0.2, 0.25) is 0 Å². The molecule has 2 amide bonds. The maximum atomic E-state index is 13.7. The molecule has 0 aliphatic heterocycles. The molecule has 1 atom stereocenters. The zero-order valence-electron chi connectivity index (χ0n) is 16.2. The number of carbonyl (C=O) groups excluding carboxylic acids is 2. The molecule has 0 bridgehead atoms. The van der Waals surface area contributed by atoms with Crippen LogP contribution in [0.5, 0.6) is 0 Å². The van der Waals surface area contributed by atoms with Gasteiger partial charge < -0.3 is 10.6 Å². The number of rotatable bonds is 5. The molecule has 3 rings (SSSR count). The molecule has 0 aromatic heterocycles. The molecule has 0 heterocycles. The summed E-state index contributed by atoms with van der Waals surface area (Å²) in [6.07, 6.45) is 0. The van der Waals surface area contributed by atoms with Crippen LogP contribution in [0, 0.1) is 5.82 Å². The molecule has 30 heavy (non-hydrogen) atoms. The highest BCUT2D eigenvalue weighted by Gasteiger charge is 2.13. The number of hydrogen-bond acceptors (Lipinski definition) is 3. The van der Waals surface area contributed by atoms with Gasteiger partial charge in [-0.3, -0.25) is 14.9 Å². The summed E-state index contributed by atoms with van der Waals surface area (Å²) in [5, 5.41) is 8.24. The molecule has 0 saturated heterocycles. The van der Waals surface area contributed by atoms with E-state index in [-0.39, 0.29) is 22.6 Å². The van der Waals surface area contributed by atoms with Crippen LogP contribution in [-0.2, 0) is 0 Å². The van der Waals surface area contributed by atoms with Gasteiger partial charge in [0.05, 0.1) is 11.6 Å². The fraction of sp³-hybridized carbons (Fsp3) is 0.0870.